The molecule has 0 spiro atoms. The maximum absolute atomic E-state index is 12.4. The van der Waals surface area contributed by atoms with Crippen molar-refractivity contribution in [2.45, 2.75) is 37.6 Å². The first-order valence-corrected chi connectivity index (χ1v) is 13.5. The molecule has 0 aliphatic carbocycles. The van der Waals surface area contributed by atoms with Crippen LogP contribution in [0.25, 0.3) is 10.9 Å². The Hall–Kier alpha value is -2.42. The van der Waals surface area contributed by atoms with Gasteiger partial charge in [-0.3, -0.25) is 9.69 Å². The van der Waals surface area contributed by atoms with Crippen molar-refractivity contribution in [3.8, 4) is 0 Å². The average Bonchev–Trinajstić information content (AvgIpc) is 3.29. The summed E-state index contributed by atoms with van der Waals surface area (Å²) in [6.07, 6.45) is 5.79. The molecule has 3 N–H and O–H groups in total. The predicted molar refractivity (Wildman–Crippen MR) is 148 cm³/mol. The Kier molecular flexibility index (Phi) is 7.41. The van der Waals surface area contributed by atoms with Gasteiger partial charge in [0.25, 0.3) is 0 Å². The summed E-state index contributed by atoms with van der Waals surface area (Å²) in [7, 11) is 0. The summed E-state index contributed by atoms with van der Waals surface area (Å²) in [4.78, 5) is 20.1. The number of aromatic nitrogens is 1. The largest absolute Gasteiger partial charge is 0.480 e. The minimum absolute atomic E-state index is 0.141. The number of hydrogen-bond acceptors (Lipinski definition) is 3. The normalized spacial score (nSPS) is 19.1. The van der Waals surface area contributed by atoms with Crippen LogP contribution < -0.4 is 5.32 Å². The van der Waals surface area contributed by atoms with Crippen LogP contribution in [0.15, 0.2) is 59.2 Å². The Labute approximate surface area is 219 Å². The number of likely N-dealkylation sites (tertiary alicyclic amines) is 2. The molecule has 184 valence electrons. The van der Waals surface area contributed by atoms with Crippen molar-refractivity contribution in [2.24, 2.45) is 5.92 Å². The van der Waals surface area contributed by atoms with Gasteiger partial charge in [-0.1, -0.05) is 40.2 Å². The predicted octanol–water partition coefficient (Wildman–Crippen LogP) is 5.67. The number of H-pyrrole nitrogens is 1. The van der Waals surface area contributed by atoms with Crippen LogP contribution in [-0.4, -0.2) is 63.2 Å². The maximum atomic E-state index is 12.4. The van der Waals surface area contributed by atoms with Crippen molar-refractivity contribution < 1.29 is 9.90 Å². The number of hydrogen-bond donors (Lipinski definition) is 3. The molecule has 1 atom stereocenters. The van der Waals surface area contributed by atoms with Gasteiger partial charge < -0.3 is 20.3 Å². The lowest BCUT2D eigenvalue weighted by Gasteiger charge is -2.42. The topological polar surface area (TPSA) is 71.6 Å². The van der Waals surface area contributed by atoms with E-state index in [4.69, 9.17) is 12.2 Å². The quantitative estimate of drug-likeness (QED) is 0.353. The molecule has 2 aromatic carbocycles. The van der Waals surface area contributed by atoms with E-state index in [2.05, 4.69) is 66.5 Å². The second kappa shape index (κ2) is 10.7. The molecule has 2 saturated heterocycles. The van der Waals surface area contributed by atoms with Crippen LogP contribution in [0, 0.1) is 5.92 Å². The van der Waals surface area contributed by atoms with Gasteiger partial charge in [0, 0.05) is 40.3 Å². The molecule has 2 aliphatic heterocycles. The van der Waals surface area contributed by atoms with E-state index < -0.39 is 12.0 Å². The monoisotopic (exact) mass is 554 g/mol. The molecule has 5 rings (SSSR count). The summed E-state index contributed by atoms with van der Waals surface area (Å²) in [5, 5.41) is 15.5. The number of benzene rings is 2. The van der Waals surface area contributed by atoms with Gasteiger partial charge in [-0.25, -0.2) is 0 Å². The highest BCUT2D eigenvalue weighted by Crippen LogP contribution is 2.35. The fourth-order valence-electron chi connectivity index (χ4n) is 5.76. The number of rotatable bonds is 5. The van der Waals surface area contributed by atoms with Gasteiger partial charge in [-0.15, -0.1) is 0 Å². The van der Waals surface area contributed by atoms with E-state index >= 15 is 0 Å². The van der Waals surface area contributed by atoms with Crippen molar-refractivity contribution in [3.05, 3.63) is 64.8 Å². The Balaban J connectivity index is 1.17. The highest BCUT2D eigenvalue weighted by molar-refractivity contribution is 9.10. The van der Waals surface area contributed by atoms with Gasteiger partial charge in [0.05, 0.1) is 0 Å². The van der Waals surface area contributed by atoms with Crippen molar-refractivity contribution in [1.29, 1.82) is 0 Å². The van der Waals surface area contributed by atoms with E-state index in [1.807, 2.05) is 24.3 Å². The summed E-state index contributed by atoms with van der Waals surface area (Å²) in [5.41, 5.74) is 3.49. The molecule has 2 aliphatic rings. The molecular weight excluding hydrogens is 524 g/mol. The fourth-order valence-corrected chi connectivity index (χ4v) is 6.46. The molecule has 3 aromatic rings. The highest BCUT2D eigenvalue weighted by atomic mass is 79.9. The van der Waals surface area contributed by atoms with Crippen LogP contribution in [0.4, 0.5) is 5.69 Å². The zero-order valence-corrected chi connectivity index (χ0v) is 22.0. The molecule has 1 aromatic heterocycles. The lowest BCUT2D eigenvalue weighted by Crippen LogP contribution is -2.52. The van der Waals surface area contributed by atoms with Crippen molar-refractivity contribution in [2.75, 3.05) is 31.5 Å². The molecule has 0 amide bonds. The fraction of sp³-hybridized carbons (Fsp3) is 0.407. The van der Waals surface area contributed by atoms with Crippen LogP contribution in [-0.2, 0) is 4.79 Å². The first-order chi connectivity index (χ1) is 17.0. The third kappa shape index (κ3) is 5.39. The van der Waals surface area contributed by atoms with E-state index in [1.165, 1.54) is 16.5 Å². The van der Waals surface area contributed by atoms with Crippen LogP contribution in [0.2, 0.25) is 0 Å². The van der Waals surface area contributed by atoms with Gasteiger partial charge in [0.2, 0.25) is 0 Å². The number of aromatic amines is 1. The second-order valence-corrected chi connectivity index (χ2v) is 11.0. The minimum atomic E-state index is -0.691. The third-order valence-corrected chi connectivity index (χ3v) is 8.44. The minimum Gasteiger partial charge on any atom is -0.480 e. The van der Waals surface area contributed by atoms with Crippen LogP contribution in [0.1, 0.15) is 37.2 Å². The van der Waals surface area contributed by atoms with Crippen LogP contribution in [0.3, 0.4) is 0 Å². The SMILES string of the molecule is O=C(O)C(C1CCN(C(=S)Nc2cccc(Br)c2)CC1)N1CCC(c2c[nH]c3ccccc23)CC1. The standard InChI is InChI=1S/C27H31BrN4O2S/c28-20-4-3-5-21(16-20)30-27(35)32-14-10-19(11-15-32)25(26(33)34)31-12-8-18(9-13-31)23-17-29-24-7-2-1-6-22(23)24/h1-7,16-19,25,29H,8-15H2,(H,30,35)(H,33,34). The Morgan fingerprint density at radius 1 is 1.06 bits per heavy atom. The number of piperidine rings is 2. The molecule has 0 bridgehead atoms. The lowest BCUT2D eigenvalue weighted by molar-refractivity contribution is -0.146. The molecule has 1 unspecified atom stereocenters. The van der Waals surface area contributed by atoms with E-state index in [1.54, 1.807) is 0 Å². The van der Waals surface area contributed by atoms with Crippen molar-refractivity contribution in [1.82, 2.24) is 14.8 Å². The Morgan fingerprint density at radius 2 is 1.80 bits per heavy atom. The molecule has 3 heterocycles. The Morgan fingerprint density at radius 3 is 2.51 bits per heavy atom. The van der Waals surface area contributed by atoms with E-state index in [0.29, 0.717) is 11.0 Å². The second-order valence-electron chi connectivity index (χ2n) is 9.65. The number of fused-ring (bicyclic) bond motifs is 1. The number of halogens is 1. The number of carboxylic acids is 1. The number of nitrogens with one attached hydrogen (secondary N) is 2. The summed E-state index contributed by atoms with van der Waals surface area (Å²) in [6, 6.07) is 15.9. The van der Waals surface area contributed by atoms with Gasteiger partial charge in [-0.05, 0) is 92.7 Å². The average molecular weight is 556 g/mol. The molecule has 6 nitrogen and oxygen atoms in total. The zero-order valence-electron chi connectivity index (χ0n) is 19.6. The third-order valence-electron chi connectivity index (χ3n) is 7.59. The lowest BCUT2D eigenvalue weighted by atomic mass is 9.84. The number of carbonyl (C=O) groups is 1. The molecule has 8 heteroatoms. The summed E-state index contributed by atoms with van der Waals surface area (Å²) in [5.74, 6) is -0.0777. The van der Waals surface area contributed by atoms with Gasteiger partial charge in [0.1, 0.15) is 6.04 Å². The molecular formula is C27H31BrN4O2S. The number of nitrogens with zero attached hydrogens (tertiary/aromatic N) is 2. The molecule has 0 saturated carbocycles. The smallest absolute Gasteiger partial charge is 0.321 e. The number of anilines is 1. The van der Waals surface area contributed by atoms with E-state index in [9.17, 15) is 9.90 Å². The Bertz CT molecular complexity index is 1200. The summed E-state index contributed by atoms with van der Waals surface area (Å²) < 4.78 is 1.00. The van der Waals surface area contributed by atoms with E-state index in [-0.39, 0.29) is 5.92 Å². The zero-order chi connectivity index (χ0) is 24.4. The number of thiocarbonyl (C=S) groups is 1. The molecule has 35 heavy (non-hydrogen) atoms. The summed E-state index contributed by atoms with van der Waals surface area (Å²) >= 11 is 9.13. The van der Waals surface area contributed by atoms with Gasteiger partial charge in [0.15, 0.2) is 5.11 Å². The van der Waals surface area contributed by atoms with Gasteiger partial charge >= 0.3 is 5.97 Å². The highest BCUT2D eigenvalue weighted by Gasteiger charge is 2.38. The number of aliphatic carboxylic acids is 1. The van der Waals surface area contributed by atoms with Crippen LogP contribution >= 0.6 is 28.1 Å². The molecule has 0 radical (unpaired) electrons. The first-order valence-electron chi connectivity index (χ1n) is 12.3. The van der Waals surface area contributed by atoms with E-state index in [0.717, 1.165) is 62.0 Å². The number of para-hydroxylation sites is 1. The molecule has 2 fully saturated rings. The maximum Gasteiger partial charge on any atom is 0.321 e. The van der Waals surface area contributed by atoms with Crippen molar-refractivity contribution >= 4 is 55.8 Å². The van der Waals surface area contributed by atoms with Gasteiger partial charge in [-0.2, -0.15) is 0 Å². The summed E-state index contributed by atoms with van der Waals surface area (Å²) in [6.45, 7) is 3.20. The van der Waals surface area contributed by atoms with Crippen LogP contribution in [0.5, 0.6) is 0 Å². The number of carboxylic acid groups (broad SMARTS) is 1. The van der Waals surface area contributed by atoms with Crippen molar-refractivity contribution in [3.63, 3.8) is 0 Å². The first kappa shape index (κ1) is 24.3.